The monoisotopic (exact) mass is 429 g/mol. The van der Waals surface area contributed by atoms with Gasteiger partial charge in [-0.05, 0) is 68.6 Å². The normalized spacial score (nSPS) is 17.5. The highest BCUT2D eigenvalue weighted by molar-refractivity contribution is 5.44. The van der Waals surface area contributed by atoms with Crippen LogP contribution in [0, 0.1) is 6.92 Å². The number of ether oxygens (including phenoxy) is 1. The number of aliphatic hydroxyl groups is 1. The van der Waals surface area contributed by atoms with Crippen LogP contribution in [-0.4, -0.2) is 36.2 Å². The van der Waals surface area contributed by atoms with Gasteiger partial charge < -0.3 is 14.7 Å². The molecule has 1 aliphatic heterocycles. The van der Waals surface area contributed by atoms with Crippen molar-refractivity contribution in [2.24, 2.45) is 0 Å². The lowest BCUT2D eigenvalue weighted by Gasteiger charge is -2.41. The largest absolute Gasteiger partial charge is 0.494 e. The number of nitrogens with zero attached hydrogens (tertiary/aromatic N) is 1. The molecular formula is C29H35NO2. The van der Waals surface area contributed by atoms with Crippen molar-refractivity contribution in [3.8, 4) is 5.75 Å². The van der Waals surface area contributed by atoms with Crippen LogP contribution >= 0.6 is 0 Å². The zero-order valence-electron chi connectivity index (χ0n) is 19.3. The zero-order chi connectivity index (χ0) is 22.4. The lowest BCUT2D eigenvalue weighted by Crippen LogP contribution is -2.43. The molecule has 1 fully saturated rings. The van der Waals surface area contributed by atoms with Gasteiger partial charge in [-0.2, -0.15) is 0 Å². The summed E-state index contributed by atoms with van der Waals surface area (Å²) in [4.78, 5) is 2.52. The Morgan fingerprint density at radius 1 is 0.875 bits per heavy atom. The van der Waals surface area contributed by atoms with Crippen molar-refractivity contribution in [3.05, 3.63) is 101 Å². The molecule has 1 N–H and O–H groups in total. The van der Waals surface area contributed by atoms with Crippen molar-refractivity contribution in [3.63, 3.8) is 0 Å². The van der Waals surface area contributed by atoms with Crippen LogP contribution in [0.3, 0.4) is 0 Å². The molecule has 1 saturated heterocycles. The van der Waals surface area contributed by atoms with Crippen LogP contribution in [0.2, 0.25) is 0 Å². The molecule has 1 aliphatic rings. The van der Waals surface area contributed by atoms with Gasteiger partial charge in [0, 0.05) is 12.5 Å². The van der Waals surface area contributed by atoms with Crippen LogP contribution in [-0.2, 0) is 5.60 Å². The van der Waals surface area contributed by atoms with Crippen LogP contribution in [0.25, 0.3) is 0 Å². The molecule has 0 aliphatic carbocycles. The third-order valence-electron chi connectivity index (χ3n) is 6.66. The Morgan fingerprint density at radius 2 is 1.59 bits per heavy atom. The van der Waals surface area contributed by atoms with Crippen molar-refractivity contribution in [1.29, 1.82) is 0 Å². The SMILES string of the molecule is CCOc1ccc(C(O)(c2cccc(C)c2)C(CN2CCCCC2)c2ccccc2)cc1. The molecule has 0 radical (unpaired) electrons. The highest BCUT2D eigenvalue weighted by Gasteiger charge is 2.42. The molecule has 0 bridgehead atoms. The molecule has 0 aromatic heterocycles. The molecular weight excluding hydrogens is 394 g/mol. The molecule has 2 unspecified atom stereocenters. The van der Waals surface area contributed by atoms with E-state index in [1.54, 1.807) is 0 Å². The quantitative estimate of drug-likeness (QED) is 0.484. The number of likely N-dealkylation sites (tertiary alicyclic amines) is 1. The summed E-state index contributed by atoms with van der Waals surface area (Å²) in [6, 6.07) is 26.8. The van der Waals surface area contributed by atoms with Gasteiger partial charge in [-0.25, -0.2) is 0 Å². The zero-order valence-corrected chi connectivity index (χ0v) is 19.3. The van der Waals surface area contributed by atoms with Crippen LogP contribution < -0.4 is 4.74 Å². The minimum atomic E-state index is -1.16. The summed E-state index contributed by atoms with van der Waals surface area (Å²) >= 11 is 0. The maximum absolute atomic E-state index is 12.7. The minimum Gasteiger partial charge on any atom is -0.494 e. The van der Waals surface area contributed by atoms with E-state index in [4.69, 9.17) is 4.74 Å². The first-order valence-corrected chi connectivity index (χ1v) is 11.9. The Hall–Kier alpha value is -2.62. The Bertz CT molecular complexity index is 980. The third kappa shape index (κ3) is 4.90. The van der Waals surface area contributed by atoms with Gasteiger partial charge in [0.25, 0.3) is 0 Å². The Labute approximate surface area is 192 Å². The summed E-state index contributed by atoms with van der Waals surface area (Å²) in [7, 11) is 0. The molecule has 2 atom stereocenters. The number of benzene rings is 3. The average molecular weight is 430 g/mol. The second-order valence-corrected chi connectivity index (χ2v) is 8.92. The standard InChI is InChI=1S/C29H35NO2/c1-3-32-27-17-15-25(16-18-27)29(31,26-14-10-11-23(2)21-26)28(24-12-6-4-7-13-24)22-30-19-8-5-9-20-30/h4,6-7,10-18,21,28,31H,3,5,8-9,19-20,22H2,1-2H3. The second kappa shape index (κ2) is 10.3. The fraction of sp³-hybridized carbons (Fsp3) is 0.379. The Morgan fingerprint density at radius 3 is 2.25 bits per heavy atom. The van der Waals surface area contributed by atoms with E-state index in [0.717, 1.165) is 47.6 Å². The van der Waals surface area contributed by atoms with Gasteiger partial charge in [-0.3, -0.25) is 0 Å². The summed E-state index contributed by atoms with van der Waals surface area (Å²) in [5, 5.41) is 12.7. The molecule has 0 saturated carbocycles. The van der Waals surface area contributed by atoms with E-state index < -0.39 is 5.60 Å². The first-order chi connectivity index (χ1) is 15.6. The first-order valence-electron chi connectivity index (χ1n) is 11.9. The second-order valence-electron chi connectivity index (χ2n) is 8.92. The molecule has 3 nitrogen and oxygen atoms in total. The summed E-state index contributed by atoms with van der Waals surface area (Å²) in [6.07, 6.45) is 3.76. The molecule has 3 aromatic rings. The van der Waals surface area contributed by atoms with E-state index >= 15 is 0 Å². The van der Waals surface area contributed by atoms with Crippen LogP contribution in [0.15, 0.2) is 78.9 Å². The molecule has 4 rings (SSSR count). The van der Waals surface area contributed by atoms with E-state index in [2.05, 4.69) is 54.3 Å². The predicted octanol–water partition coefficient (Wildman–Crippen LogP) is 5.90. The van der Waals surface area contributed by atoms with Crippen LogP contribution in [0.4, 0.5) is 0 Å². The maximum atomic E-state index is 12.7. The molecule has 3 heteroatoms. The fourth-order valence-electron chi connectivity index (χ4n) is 4.99. The van der Waals surface area contributed by atoms with Crippen molar-refractivity contribution >= 4 is 0 Å². The lowest BCUT2D eigenvalue weighted by atomic mass is 9.72. The molecule has 0 spiro atoms. The van der Waals surface area contributed by atoms with Gasteiger partial charge in [0.1, 0.15) is 11.4 Å². The number of hydrogen-bond donors (Lipinski definition) is 1. The molecule has 3 aromatic carbocycles. The van der Waals surface area contributed by atoms with Gasteiger partial charge in [-0.15, -0.1) is 0 Å². The number of hydrogen-bond acceptors (Lipinski definition) is 3. The Balaban J connectivity index is 1.84. The third-order valence-corrected chi connectivity index (χ3v) is 6.66. The number of piperidine rings is 1. The first kappa shape index (κ1) is 22.6. The predicted molar refractivity (Wildman–Crippen MR) is 131 cm³/mol. The van der Waals surface area contributed by atoms with Crippen molar-refractivity contribution < 1.29 is 9.84 Å². The Kier molecular flexibility index (Phi) is 7.29. The molecule has 1 heterocycles. The summed E-state index contributed by atoms with van der Waals surface area (Å²) in [5.74, 6) is 0.733. The lowest BCUT2D eigenvalue weighted by molar-refractivity contribution is 0.0309. The molecule has 32 heavy (non-hydrogen) atoms. The van der Waals surface area contributed by atoms with Gasteiger partial charge in [0.15, 0.2) is 0 Å². The van der Waals surface area contributed by atoms with Gasteiger partial charge >= 0.3 is 0 Å². The van der Waals surface area contributed by atoms with E-state index in [9.17, 15) is 5.11 Å². The number of aryl methyl sites for hydroxylation is 1. The average Bonchev–Trinajstić information content (AvgIpc) is 2.84. The van der Waals surface area contributed by atoms with E-state index in [-0.39, 0.29) is 5.92 Å². The van der Waals surface area contributed by atoms with Gasteiger partial charge in [-0.1, -0.05) is 78.7 Å². The van der Waals surface area contributed by atoms with E-state index in [1.807, 2.05) is 43.3 Å². The number of rotatable bonds is 8. The topological polar surface area (TPSA) is 32.7 Å². The fourth-order valence-corrected chi connectivity index (χ4v) is 4.99. The van der Waals surface area contributed by atoms with Crippen molar-refractivity contribution in [2.75, 3.05) is 26.2 Å². The van der Waals surface area contributed by atoms with Crippen LogP contribution in [0.1, 0.15) is 54.4 Å². The maximum Gasteiger partial charge on any atom is 0.123 e. The van der Waals surface area contributed by atoms with Gasteiger partial charge in [0.2, 0.25) is 0 Å². The van der Waals surface area contributed by atoms with Crippen LogP contribution in [0.5, 0.6) is 5.75 Å². The molecule has 0 amide bonds. The van der Waals surface area contributed by atoms with Crippen molar-refractivity contribution in [1.82, 2.24) is 4.90 Å². The minimum absolute atomic E-state index is 0.0958. The van der Waals surface area contributed by atoms with Crippen molar-refractivity contribution in [2.45, 2.75) is 44.6 Å². The van der Waals surface area contributed by atoms with Gasteiger partial charge in [0.05, 0.1) is 6.61 Å². The summed E-state index contributed by atoms with van der Waals surface area (Å²) < 4.78 is 5.68. The summed E-state index contributed by atoms with van der Waals surface area (Å²) in [5.41, 5.74) is 2.99. The highest BCUT2D eigenvalue weighted by atomic mass is 16.5. The van der Waals surface area contributed by atoms with E-state index in [1.165, 1.54) is 19.3 Å². The van der Waals surface area contributed by atoms with E-state index in [0.29, 0.717) is 6.61 Å². The summed E-state index contributed by atoms with van der Waals surface area (Å²) in [6.45, 7) is 7.71. The molecule has 168 valence electrons. The smallest absolute Gasteiger partial charge is 0.123 e. The highest BCUT2D eigenvalue weighted by Crippen LogP contribution is 2.44.